The Bertz CT molecular complexity index is 600. The highest BCUT2D eigenvalue weighted by atomic mass is 16.1. The van der Waals surface area contributed by atoms with Crippen LogP contribution in [0.25, 0.3) is 0 Å². The van der Waals surface area contributed by atoms with Gasteiger partial charge in [0.1, 0.15) is 0 Å². The van der Waals surface area contributed by atoms with E-state index in [1.54, 1.807) is 12.4 Å². The monoisotopic (exact) mass is 314 g/mol. The summed E-state index contributed by atoms with van der Waals surface area (Å²) in [6, 6.07) is 3.72. The van der Waals surface area contributed by atoms with E-state index in [4.69, 9.17) is 0 Å². The number of rotatable bonds is 8. The van der Waals surface area contributed by atoms with Gasteiger partial charge in [0.15, 0.2) is 0 Å². The van der Waals surface area contributed by atoms with Gasteiger partial charge in [0.2, 0.25) is 5.95 Å². The van der Waals surface area contributed by atoms with Crippen LogP contribution in [0, 0.1) is 0 Å². The fourth-order valence-corrected chi connectivity index (χ4v) is 1.92. The number of aromatic nitrogens is 3. The van der Waals surface area contributed by atoms with Crippen molar-refractivity contribution in [3.63, 3.8) is 0 Å². The molecule has 23 heavy (non-hydrogen) atoms. The molecule has 2 aromatic heterocycles. The van der Waals surface area contributed by atoms with E-state index in [2.05, 4.69) is 30.5 Å². The molecule has 0 atom stereocenters. The van der Waals surface area contributed by atoms with Gasteiger partial charge in [-0.1, -0.05) is 0 Å². The van der Waals surface area contributed by atoms with Crippen LogP contribution in [0.3, 0.4) is 0 Å². The molecule has 7 heteroatoms. The van der Waals surface area contributed by atoms with Gasteiger partial charge in [-0.15, -0.1) is 0 Å². The highest BCUT2D eigenvalue weighted by Gasteiger charge is 2.06. The molecule has 2 rings (SSSR count). The SMILES string of the molecule is CN(C)CCCNc1ncc(C(=O)NCc2ccncc2)cn1. The Hall–Kier alpha value is -2.54. The molecule has 0 aliphatic carbocycles. The Morgan fingerprint density at radius 2 is 1.87 bits per heavy atom. The molecule has 7 nitrogen and oxygen atoms in total. The molecule has 0 bridgehead atoms. The summed E-state index contributed by atoms with van der Waals surface area (Å²) in [5, 5.41) is 5.96. The van der Waals surface area contributed by atoms with Crippen molar-refractivity contribution in [2.45, 2.75) is 13.0 Å². The van der Waals surface area contributed by atoms with Crippen LogP contribution < -0.4 is 10.6 Å². The van der Waals surface area contributed by atoms with Gasteiger partial charge in [-0.2, -0.15) is 0 Å². The molecule has 0 unspecified atom stereocenters. The summed E-state index contributed by atoms with van der Waals surface area (Å²) < 4.78 is 0. The Morgan fingerprint density at radius 3 is 2.52 bits per heavy atom. The summed E-state index contributed by atoms with van der Waals surface area (Å²) in [6.45, 7) is 2.25. The number of pyridine rings is 1. The van der Waals surface area contributed by atoms with Crippen molar-refractivity contribution in [3.8, 4) is 0 Å². The predicted octanol–water partition coefficient (Wildman–Crippen LogP) is 1.17. The van der Waals surface area contributed by atoms with Crippen LogP contribution in [0.4, 0.5) is 5.95 Å². The van der Waals surface area contributed by atoms with Crippen LogP contribution >= 0.6 is 0 Å². The topological polar surface area (TPSA) is 83.0 Å². The minimum absolute atomic E-state index is 0.194. The maximum Gasteiger partial charge on any atom is 0.254 e. The molecular formula is C16H22N6O. The van der Waals surface area contributed by atoms with Crippen molar-refractivity contribution in [1.29, 1.82) is 0 Å². The predicted molar refractivity (Wildman–Crippen MR) is 89.1 cm³/mol. The average Bonchev–Trinajstić information content (AvgIpc) is 2.58. The van der Waals surface area contributed by atoms with Gasteiger partial charge in [-0.05, 0) is 44.8 Å². The van der Waals surface area contributed by atoms with E-state index in [9.17, 15) is 4.79 Å². The van der Waals surface area contributed by atoms with Crippen LogP contribution in [-0.4, -0.2) is 52.9 Å². The Kier molecular flexibility index (Phi) is 6.43. The Labute approximate surface area is 136 Å². The minimum Gasteiger partial charge on any atom is -0.354 e. The quantitative estimate of drug-likeness (QED) is 0.712. The standard InChI is InChI=1S/C16H22N6O/c1-22(2)9-3-6-18-16-20-11-14(12-21-16)15(23)19-10-13-4-7-17-8-5-13/h4-5,7-8,11-12H,3,6,9-10H2,1-2H3,(H,19,23)(H,18,20,21). The normalized spacial score (nSPS) is 10.6. The summed E-state index contributed by atoms with van der Waals surface area (Å²) in [7, 11) is 4.08. The molecule has 0 fully saturated rings. The lowest BCUT2D eigenvalue weighted by molar-refractivity contribution is 0.0950. The first kappa shape index (κ1) is 16.8. The van der Waals surface area contributed by atoms with Gasteiger partial charge in [0.25, 0.3) is 5.91 Å². The average molecular weight is 314 g/mol. The first-order valence-electron chi connectivity index (χ1n) is 7.53. The third-order valence-corrected chi connectivity index (χ3v) is 3.18. The fourth-order valence-electron chi connectivity index (χ4n) is 1.92. The van der Waals surface area contributed by atoms with E-state index in [0.717, 1.165) is 25.1 Å². The number of carbonyl (C=O) groups is 1. The molecule has 0 radical (unpaired) electrons. The van der Waals surface area contributed by atoms with E-state index < -0.39 is 0 Å². The minimum atomic E-state index is -0.194. The smallest absolute Gasteiger partial charge is 0.254 e. The van der Waals surface area contributed by atoms with Crippen molar-refractivity contribution < 1.29 is 4.79 Å². The number of anilines is 1. The number of hydrogen-bond acceptors (Lipinski definition) is 6. The first-order valence-corrected chi connectivity index (χ1v) is 7.53. The molecule has 0 saturated heterocycles. The lowest BCUT2D eigenvalue weighted by Gasteiger charge is -2.10. The maximum atomic E-state index is 12.0. The zero-order valence-electron chi connectivity index (χ0n) is 13.5. The van der Waals surface area contributed by atoms with E-state index in [0.29, 0.717) is 18.1 Å². The second-order valence-electron chi connectivity index (χ2n) is 5.42. The molecule has 0 aliphatic rings. The first-order chi connectivity index (χ1) is 11.1. The van der Waals surface area contributed by atoms with Gasteiger partial charge in [0, 0.05) is 37.9 Å². The largest absolute Gasteiger partial charge is 0.354 e. The second-order valence-corrected chi connectivity index (χ2v) is 5.42. The number of amides is 1. The zero-order valence-corrected chi connectivity index (χ0v) is 13.5. The lowest BCUT2D eigenvalue weighted by Crippen LogP contribution is -2.23. The van der Waals surface area contributed by atoms with Crippen LogP contribution in [0.5, 0.6) is 0 Å². The lowest BCUT2D eigenvalue weighted by atomic mass is 10.2. The van der Waals surface area contributed by atoms with Gasteiger partial charge in [-0.3, -0.25) is 9.78 Å². The van der Waals surface area contributed by atoms with E-state index in [1.807, 2.05) is 26.2 Å². The molecule has 0 aromatic carbocycles. The van der Waals surface area contributed by atoms with Gasteiger partial charge < -0.3 is 15.5 Å². The van der Waals surface area contributed by atoms with Gasteiger partial charge in [0.05, 0.1) is 5.56 Å². The summed E-state index contributed by atoms with van der Waals surface area (Å²) >= 11 is 0. The fraction of sp³-hybridized carbons (Fsp3) is 0.375. The van der Waals surface area contributed by atoms with Crippen molar-refractivity contribution in [1.82, 2.24) is 25.2 Å². The zero-order chi connectivity index (χ0) is 16.5. The third-order valence-electron chi connectivity index (χ3n) is 3.18. The molecule has 2 N–H and O–H groups in total. The van der Waals surface area contributed by atoms with Crippen molar-refractivity contribution >= 4 is 11.9 Å². The van der Waals surface area contributed by atoms with Crippen LogP contribution in [0.15, 0.2) is 36.9 Å². The van der Waals surface area contributed by atoms with E-state index in [1.165, 1.54) is 12.4 Å². The van der Waals surface area contributed by atoms with Crippen molar-refractivity contribution in [2.75, 3.05) is 32.5 Å². The summed E-state index contributed by atoms with van der Waals surface area (Å²) in [5.74, 6) is 0.343. The molecule has 122 valence electrons. The van der Waals surface area contributed by atoms with E-state index >= 15 is 0 Å². The number of nitrogens with zero attached hydrogens (tertiary/aromatic N) is 4. The maximum absolute atomic E-state index is 12.0. The van der Waals surface area contributed by atoms with E-state index in [-0.39, 0.29) is 5.91 Å². The highest BCUT2D eigenvalue weighted by Crippen LogP contribution is 2.02. The number of carbonyl (C=O) groups excluding carboxylic acids is 1. The van der Waals surface area contributed by atoms with Crippen molar-refractivity contribution in [2.24, 2.45) is 0 Å². The Balaban J connectivity index is 1.78. The summed E-state index contributed by atoms with van der Waals surface area (Å²) in [5.41, 5.74) is 1.44. The number of hydrogen-bond donors (Lipinski definition) is 2. The molecule has 1 amide bonds. The van der Waals surface area contributed by atoms with Crippen LogP contribution in [0.1, 0.15) is 22.3 Å². The molecule has 2 aromatic rings. The van der Waals surface area contributed by atoms with Gasteiger partial charge >= 0.3 is 0 Å². The van der Waals surface area contributed by atoms with Crippen LogP contribution in [0.2, 0.25) is 0 Å². The summed E-state index contributed by atoms with van der Waals surface area (Å²) in [6.07, 6.45) is 7.46. The molecule has 0 saturated carbocycles. The highest BCUT2D eigenvalue weighted by molar-refractivity contribution is 5.93. The summed E-state index contributed by atoms with van der Waals surface area (Å²) in [4.78, 5) is 26.4. The van der Waals surface area contributed by atoms with Crippen LogP contribution in [-0.2, 0) is 6.54 Å². The number of nitrogens with one attached hydrogen (secondary N) is 2. The molecule has 0 aliphatic heterocycles. The van der Waals surface area contributed by atoms with Gasteiger partial charge in [-0.25, -0.2) is 9.97 Å². The Morgan fingerprint density at radius 1 is 1.17 bits per heavy atom. The molecular weight excluding hydrogens is 292 g/mol. The second kappa shape index (κ2) is 8.79. The van der Waals surface area contributed by atoms with Crippen molar-refractivity contribution in [3.05, 3.63) is 48.0 Å². The third kappa shape index (κ3) is 5.99. The molecule has 0 spiro atoms. The molecule has 2 heterocycles.